The van der Waals surface area contributed by atoms with Gasteiger partial charge in [0.2, 0.25) is 10.0 Å². The van der Waals surface area contributed by atoms with Crippen LogP contribution in [0.2, 0.25) is 5.02 Å². The van der Waals surface area contributed by atoms with E-state index in [1.165, 1.54) is 23.5 Å². The maximum Gasteiger partial charge on any atom is 0.242 e. The molecule has 0 unspecified atom stereocenters. The first-order valence-electron chi connectivity index (χ1n) is 6.31. The van der Waals surface area contributed by atoms with Crippen molar-refractivity contribution in [1.82, 2.24) is 9.21 Å². The van der Waals surface area contributed by atoms with Gasteiger partial charge in [-0.15, -0.1) is 0 Å². The van der Waals surface area contributed by atoms with E-state index in [1.807, 2.05) is 18.9 Å². The van der Waals surface area contributed by atoms with E-state index in [0.717, 1.165) is 6.54 Å². The topological polar surface area (TPSA) is 49.9 Å². The van der Waals surface area contributed by atoms with Gasteiger partial charge in [-0.2, -0.15) is 4.31 Å². The van der Waals surface area contributed by atoms with E-state index in [9.17, 15) is 8.42 Å². The van der Waals surface area contributed by atoms with Gasteiger partial charge in [0.15, 0.2) is 0 Å². The van der Waals surface area contributed by atoms with Crippen molar-refractivity contribution in [3.05, 3.63) is 23.2 Å². The molecule has 0 aliphatic heterocycles. The second kappa shape index (κ2) is 7.26. The SMILES string of the molecule is CCN(C)CCN(C)S(=O)(=O)c1ccc(OC)c(Cl)c1. The molecule has 0 heterocycles. The molecule has 0 atom stereocenters. The third kappa shape index (κ3) is 4.09. The summed E-state index contributed by atoms with van der Waals surface area (Å²) in [5, 5.41) is 0.285. The highest BCUT2D eigenvalue weighted by Crippen LogP contribution is 2.27. The molecule has 0 aromatic heterocycles. The Labute approximate surface area is 126 Å². The second-order valence-corrected chi connectivity index (χ2v) is 6.97. The Morgan fingerprint density at radius 1 is 1.25 bits per heavy atom. The fourth-order valence-corrected chi connectivity index (χ4v) is 3.09. The molecule has 5 nitrogen and oxygen atoms in total. The molecule has 0 aliphatic rings. The quantitative estimate of drug-likeness (QED) is 0.770. The standard InChI is InChI=1S/C13H21ClN2O3S/c1-5-15(2)8-9-16(3)20(17,18)11-6-7-13(19-4)12(14)10-11/h6-7,10H,5,8-9H2,1-4H3. The highest BCUT2D eigenvalue weighted by atomic mass is 35.5. The number of rotatable bonds is 7. The molecule has 0 saturated heterocycles. The fraction of sp³-hybridized carbons (Fsp3) is 0.538. The Morgan fingerprint density at radius 2 is 1.90 bits per heavy atom. The lowest BCUT2D eigenvalue weighted by molar-refractivity contribution is 0.321. The molecule has 1 aromatic carbocycles. The van der Waals surface area contributed by atoms with Crippen LogP contribution in [0, 0.1) is 0 Å². The summed E-state index contributed by atoms with van der Waals surface area (Å²) in [6, 6.07) is 4.47. The van der Waals surface area contributed by atoms with Crippen molar-refractivity contribution in [2.75, 3.05) is 40.8 Å². The second-order valence-electron chi connectivity index (χ2n) is 4.52. The minimum atomic E-state index is -3.52. The van der Waals surface area contributed by atoms with E-state index < -0.39 is 10.0 Å². The first-order valence-corrected chi connectivity index (χ1v) is 8.13. The molecule has 0 amide bonds. The van der Waals surface area contributed by atoms with Crippen molar-refractivity contribution >= 4 is 21.6 Å². The summed E-state index contributed by atoms with van der Waals surface area (Å²) in [5.74, 6) is 0.457. The van der Waals surface area contributed by atoms with Crippen molar-refractivity contribution in [1.29, 1.82) is 0 Å². The van der Waals surface area contributed by atoms with Crippen LogP contribution in [0.15, 0.2) is 23.1 Å². The maximum atomic E-state index is 12.4. The van der Waals surface area contributed by atoms with Crippen LogP contribution in [0.4, 0.5) is 0 Å². The summed E-state index contributed by atoms with van der Waals surface area (Å²) in [6.07, 6.45) is 0. The summed E-state index contributed by atoms with van der Waals surface area (Å²) in [7, 11) is 1.48. The molecule has 114 valence electrons. The predicted octanol–water partition coefficient (Wildman–Crippen LogP) is 1.92. The average molecular weight is 321 g/mol. The lowest BCUT2D eigenvalue weighted by Gasteiger charge is -2.21. The van der Waals surface area contributed by atoms with Crippen LogP contribution >= 0.6 is 11.6 Å². The van der Waals surface area contributed by atoms with Gasteiger partial charge in [0.1, 0.15) is 5.75 Å². The Bertz CT molecular complexity index is 549. The Morgan fingerprint density at radius 3 is 2.40 bits per heavy atom. The lowest BCUT2D eigenvalue weighted by Crippen LogP contribution is -2.34. The van der Waals surface area contributed by atoms with Gasteiger partial charge in [0.25, 0.3) is 0 Å². The van der Waals surface area contributed by atoms with E-state index in [4.69, 9.17) is 16.3 Å². The number of hydrogen-bond acceptors (Lipinski definition) is 4. The van der Waals surface area contributed by atoms with Crippen molar-refractivity contribution in [2.45, 2.75) is 11.8 Å². The zero-order valence-corrected chi connectivity index (χ0v) is 13.8. The normalized spacial score (nSPS) is 12.2. The van der Waals surface area contributed by atoms with Crippen molar-refractivity contribution in [3.8, 4) is 5.75 Å². The minimum absolute atomic E-state index is 0.171. The number of sulfonamides is 1. The lowest BCUT2D eigenvalue weighted by atomic mass is 10.3. The molecule has 0 spiro atoms. The zero-order valence-electron chi connectivity index (χ0n) is 12.3. The number of ether oxygens (including phenoxy) is 1. The van der Waals surface area contributed by atoms with E-state index in [1.54, 1.807) is 13.1 Å². The third-order valence-electron chi connectivity index (χ3n) is 3.17. The van der Waals surface area contributed by atoms with Crippen LogP contribution in [-0.2, 0) is 10.0 Å². The van der Waals surface area contributed by atoms with Crippen LogP contribution in [0.3, 0.4) is 0 Å². The minimum Gasteiger partial charge on any atom is -0.495 e. The molecule has 0 fully saturated rings. The largest absolute Gasteiger partial charge is 0.495 e. The maximum absolute atomic E-state index is 12.4. The summed E-state index contributed by atoms with van der Waals surface area (Å²) in [5.41, 5.74) is 0. The molecule has 20 heavy (non-hydrogen) atoms. The summed E-state index contributed by atoms with van der Waals surface area (Å²) < 4.78 is 31.1. The molecule has 0 bridgehead atoms. The number of nitrogens with zero attached hydrogens (tertiary/aromatic N) is 2. The monoisotopic (exact) mass is 320 g/mol. The Kier molecular flexibility index (Phi) is 6.26. The molecule has 0 aliphatic carbocycles. The van der Waals surface area contributed by atoms with Gasteiger partial charge in [0.05, 0.1) is 17.0 Å². The summed E-state index contributed by atoms with van der Waals surface area (Å²) in [4.78, 5) is 2.22. The van der Waals surface area contributed by atoms with Crippen molar-refractivity contribution in [2.24, 2.45) is 0 Å². The van der Waals surface area contributed by atoms with Gasteiger partial charge in [-0.3, -0.25) is 0 Å². The average Bonchev–Trinajstić information content (AvgIpc) is 2.43. The fourth-order valence-electron chi connectivity index (χ4n) is 1.58. The summed E-state index contributed by atoms with van der Waals surface area (Å²) >= 11 is 5.97. The molecule has 1 aromatic rings. The molecule has 0 N–H and O–H groups in total. The first kappa shape index (κ1) is 17.2. The Hall–Kier alpha value is -0.820. The highest BCUT2D eigenvalue weighted by molar-refractivity contribution is 7.89. The number of likely N-dealkylation sites (N-methyl/N-ethyl adjacent to an activating group) is 2. The smallest absolute Gasteiger partial charge is 0.242 e. The van der Waals surface area contributed by atoms with Gasteiger partial charge in [-0.05, 0) is 31.8 Å². The van der Waals surface area contributed by atoms with E-state index >= 15 is 0 Å². The van der Waals surface area contributed by atoms with Crippen LogP contribution in [0.25, 0.3) is 0 Å². The van der Waals surface area contributed by atoms with Crippen LogP contribution < -0.4 is 4.74 Å². The zero-order chi connectivity index (χ0) is 15.3. The molecular weight excluding hydrogens is 300 g/mol. The van der Waals surface area contributed by atoms with Crippen LogP contribution in [-0.4, -0.2) is 58.5 Å². The van der Waals surface area contributed by atoms with Crippen molar-refractivity contribution < 1.29 is 13.2 Å². The highest BCUT2D eigenvalue weighted by Gasteiger charge is 2.21. The van der Waals surface area contributed by atoms with Crippen molar-refractivity contribution in [3.63, 3.8) is 0 Å². The number of halogens is 1. The molecule has 1 rings (SSSR count). The Balaban J connectivity index is 2.90. The van der Waals surface area contributed by atoms with Gasteiger partial charge in [-0.1, -0.05) is 18.5 Å². The third-order valence-corrected chi connectivity index (χ3v) is 5.32. The van der Waals surface area contributed by atoms with Gasteiger partial charge < -0.3 is 9.64 Å². The number of hydrogen-bond donors (Lipinski definition) is 0. The van der Waals surface area contributed by atoms with Gasteiger partial charge in [0, 0.05) is 20.1 Å². The van der Waals surface area contributed by atoms with Crippen LogP contribution in [0.1, 0.15) is 6.92 Å². The number of methoxy groups -OCH3 is 1. The van der Waals surface area contributed by atoms with E-state index in [-0.39, 0.29) is 9.92 Å². The molecule has 0 saturated carbocycles. The first-order chi connectivity index (χ1) is 9.32. The van der Waals surface area contributed by atoms with E-state index in [0.29, 0.717) is 18.8 Å². The predicted molar refractivity (Wildman–Crippen MR) is 81.0 cm³/mol. The summed E-state index contributed by atoms with van der Waals surface area (Å²) in [6.45, 7) is 4.01. The molecular formula is C13H21ClN2O3S. The van der Waals surface area contributed by atoms with Gasteiger partial charge in [-0.25, -0.2) is 8.42 Å². The van der Waals surface area contributed by atoms with Gasteiger partial charge >= 0.3 is 0 Å². The molecule has 7 heteroatoms. The number of benzene rings is 1. The van der Waals surface area contributed by atoms with E-state index in [2.05, 4.69) is 0 Å². The molecule has 0 radical (unpaired) electrons. The van der Waals surface area contributed by atoms with Crippen LogP contribution in [0.5, 0.6) is 5.75 Å².